The van der Waals surface area contributed by atoms with E-state index < -0.39 is 0 Å². The fourth-order valence-electron chi connectivity index (χ4n) is 3.40. The lowest BCUT2D eigenvalue weighted by Gasteiger charge is -2.25. The number of likely N-dealkylation sites (N-methyl/N-ethyl adjacent to an activating group) is 1. The summed E-state index contributed by atoms with van der Waals surface area (Å²) in [6.45, 7) is 8.13. The molecule has 0 saturated carbocycles. The van der Waals surface area contributed by atoms with Gasteiger partial charge in [-0.1, -0.05) is 42.0 Å². The average molecular weight is 389 g/mol. The first-order valence-electron chi connectivity index (χ1n) is 9.88. The van der Waals surface area contributed by atoms with Crippen molar-refractivity contribution in [2.75, 3.05) is 24.5 Å². The fraction of sp³-hybridized carbons (Fsp3) is 0.250. The Labute approximate surface area is 171 Å². The highest BCUT2D eigenvalue weighted by Gasteiger charge is 2.12. The highest BCUT2D eigenvalue weighted by Crippen LogP contribution is 2.19. The summed E-state index contributed by atoms with van der Waals surface area (Å²) < 4.78 is 0. The smallest absolute Gasteiger partial charge is 0.261 e. The van der Waals surface area contributed by atoms with Crippen LogP contribution in [0.4, 0.5) is 5.69 Å². The number of anilines is 1. The first kappa shape index (κ1) is 20.4. The van der Waals surface area contributed by atoms with E-state index in [4.69, 9.17) is 0 Å². The van der Waals surface area contributed by atoms with Gasteiger partial charge in [0.1, 0.15) is 5.56 Å². The third-order valence-electron chi connectivity index (χ3n) is 4.99. The van der Waals surface area contributed by atoms with Crippen LogP contribution in [-0.2, 0) is 0 Å². The molecule has 0 unspecified atom stereocenters. The van der Waals surface area contributed by atoms with Crippen LogP contribution in [0, 0.1) is 13.8 Å². The van der Waals surface area contributed by atoms with E-state index in [1.165, 1.54) is 5.56 Å². The maximum absolute atomic E-state index is 12.5. The first-order valence-corrected chi connectivity index (χ1v) is 9.88. The average Bonchev–Trinajstić information content (AvgIpc) is 2.72. The highest BCUT2D eigenvalue weighted by molar-refractivity contribution is 5.94. The summed E-state index contributed by atoms with van der Waals surface area (Å²) in [5.74, 6) is -0.358. The number of aromatic nitrogens is 1. The van der Waals surface area contributed by atoms with Crippen molar-refractivity contribution in [3.63, 3.8) is 0 Å². The first-order chi connectivity index (χ1) is 14.0. The number of carbonyl (C=O) groups excluding carboxylic acids is 1. The summed E-state index contributed by atoms with van der Waals surface area (Å²) in [5.41, 5.74) is 4.83. The summed E-state index contributed by atoms with van der Waals surface area (Å²) in [6, 6.07) is 19.4. The van der Waals surface area contributed by atoms with Gasteiger partial charge in [0.05, 0.1) is 0 Å². The molecule has 3 aromatic rings. The molecule has 5 nitrogen and oxygen atoms in total. The van der Waals surface area contributed by atoms with Crippen LogP contribution in [0.5, 0.6) is 0 Å². The molecule has 150 valence electrons. The number of H-pyrrole nitrogens is 1. The standard InChI is InChI=1S/C24H27N3O2/c1-4-27(22-11-6-5-9-18(22)3)15-14-25-23(28)20-12-13-21(26-24(20)29)19-10-7-8-17(2)16-19/h5-13,16H,4,14-15H2,1-3H3,(H,25,28)(H,26,29). The Kier molecular flexibility index (Phi) is 6.50. The molecule has 0 aliphatic carbocycles. The predicted octanol–water partition coefficient (Wildman–Crippen LogP) is 3.92. The van der Waals surface area contributed by atoms with Crippen LogP contribution in [0.1, 0.15) is 28.4 Å². The zero-order valence-corrected chi connectivity index (χ0v) is 17.2. The van der Waals surface area contributed by atoms with Crippen molar-refractivity contribution >= 4 is 11.6 Å². The molecule has 0 fully saturated rings. The fourth-order valence-corrected chi connectivity index (χ4v) is 3.40. The highest BCUT2D eigenvalue weighted by atomic mass is 16.2. The van der Waals surface area contributed by atoms with Gasteiger partial charge in [0.2, 0.25) is 0 Å². The van der Waals surface area contributed by atoms with E-state index in [1.807, 2.05) is 43.3 Å². The van der Waals surface area contributed by atoms with Gasteiger partial charge in [-0.15, -0.1) is 0 Å². The van der Waals surface area contributed by atoms with Crippen LogP contribution in [0.3, 0.4) is 0 Å². The molecule has 5 heteroatoms. The molecule has 0 saturated heterocycles. The minimum Gasteiger partial charge on any atom is -0.370 e. The number of nitrogens with one attached hydrogen (secondary N) is 2. The molecule has 29 heavy (non-hydrogen) atoms. The third-order valence-corrected chi connectivity index (χ3v) is 4.99. The number of rotatable bonds is 7. The van der Waals surface area contributed by atoms with Crippen LogP contribution >= 0.6 is 0 Å². The zero-order valence-electron chi connectivity index (χ0n) is 17.2. The van der Waals surface area contributed by atoms with E-state index in [-0.39, 0.29) is 17.0 Å². The quantitative estimate of drug-likeness (QED) is 0.644. The molecule has 0 aliphatic heterocycles. The van der Waals surface area contributed by atoms with Crippen molar-refractivity contribution in [1.29, 1.82) is 0 Å². The monoisotopic (exact) mass is 389 g/mol. The number of para-hydroxylation sites is 1. The molecule has 1 heterocycles. The number of aryl methyl sites for hydroxylation is 2. The van der Waals surface area contributed by atoms with E-state index >= 15 is 0 Å². The van der Waals surface area contributed by atoms with Crippen LogP contribution < -0.4 is 15.8 Å². The van der Waals surface area contributed by atoms with Crippen LogP contribution in [0.25, 0.3) is 11.3 Å². The van der Waals surface area contributed by atoms with Crippen LogP contribution in [0.15, 0.2) is 65.5 Å². The lowest BCUT2D eigenvalue weighted by molar-refractivity contribution is 0.0953. The Hall–Kier alpha value is -3.34. The van der Waals surface area contributed by atoms with E-state index in [9.17, 15) is 9.59 Å². The van der Waals surface area contributed by atoms with Gasteiger partial charge in [0.25, 0.3) is 11.5 Å². The molecule has 0 aliphatic rings. The maximum Gasteiger partial charge on any atom is 0.261 e. The number of nitrogens with zero attached hydrogens (tertiary/aromatic N) is 1. The van der Waals surface area contributed by atoms with Crippen molar-refractivity contribution < 1.29 is 4.79 Å². The van der Waals surface area contributed by atoms with Crippen LogP contribution in [0.2, 0.25) is 0 Å². The molecule has 1 aromatic heterocycles. The van der Waals surface area contributed by atoms with Gasteiger partial charge in [-0.3, -0.25) is 9.59 Å². The number of aromatic amines is 1. The minimum absolute atomic E-state index is 0.125. The molecule has 3 rings (SSSR count). The summed E-state index contributed by atoms with van der Waals surface area (Å²) >= 11 is 0. The Balaban J connectivity index is 1.65. The SMILES string of the molecule is CCN(CCNC(=O)c1ccc(-c2cccc(C)c2)[nH]c1=O)c1ccccc1C. The second-order valence-electron chi connectivity index (χ2n) is 7.11. The van der Waals surface area contributed by atoms with Crippen molar-refractivity contribution in [2.45, 2.75) is 20.8 Å². The minimum atomic E-state index is -0.382. The van der Waals surface area contributed by atoms with Gasteiger partial charge < -0.3 is 15.2 Å². The molecular weight excluding hydrogens is 362 g/mol. The number of carbonyl (C=O) groups is 1. The second-order valence-corrected chi connectivity index (χ2v) is 7.11. The third kappa shape index (κ3) is 4.93. The lowest BCUT2D eigenvalue weighted by Crippen LogP contribution is -2.37. The molecule has 2 aromatic carbocycles. The summed E-state index contributed by atoms with van der Waals surface area (Å²) in [5, 5.41) is 2.86. The molecule has 1 amide bonds. The molecular formula is C24H27N3O2. The number of pyridine rings is 1. The van der Waals surface area contributed by atoms with Crippen molar-refractivity contribution in [1.82, 2.24) is 10.3 Å². The second kappa shape index (κ2) is 9.24. The molecule has 0 bridgehead atoms. The Bertz CT molecular complexity index is 1060. The normalized spacial score (nSPS) is 10.6. The number of hydrogen-bond donors (Lipinski definition) is 2. The summed E-state index contributed by atoms with van der Waals surface area (Å²) in [7, 11) is 0. The van der Waals surface area contributed by atoms with Crippen molar-refractivity contribution in [3.05, 3.63) is 87.7 Å². The zero-order chi connectivity index (χ0) is 20.8. The largest absolute Gasteiger partial charge is 0.370 e. The summed E-state index contributed by atoms with van der Waals surface area (Å²) in [6.07, 6.45) is 0. The predicted molar refractivity (Wildman–Crippen MR) is 119 cm³/mol. The lowest BCUT2D eigenvalue weighted by atomic mass is 10.1. The van der Waals surface area contributed by atoms with Crippen molar-refractivity contribution in [3.8, 4) is 11.3 Å². The van der Waals surface area contributed by atoms with Crippen LogP contribution in [-0.4, -0.2) is 30.5 Å². The Morgan fingerprint density at radius 3 is 2.52 bits per heavy atom. The number of benzene rings is 2. The van der Waals surface area contributed by atoms with Gasteiger partial charge in [-0.25, -0.2) is 0 Å². The summed E-state index contributed by atoms with van der Waals surface area (Å²) in [4.78, 5) is 29.9. The number of amides is 1. The van der Waals surface area contributed by atoms with E-state index in [0.717, 1.165) is 23.4 Å². The molecule has 2 N–H and O–H groups in total. The van der Waals surface area contributed by atoms with Crippen molar-refractivity contribution in [2.24, 2.45) is 0 Å². The van der Waals surface area contributed by atoms with Gasteiger partial charge >= 0.3 is 0 Å². The van der Waals surface area contributed by atoms with E-state index in [2.05, 4.69) is 41.2 Å². The number of hydrogen-bond acceptors (Lipinski definition) is 3. The molecule has 0 radical (unpaired) electrons. The van der Waals surface area contributed by atoms with Gasteiger partial charge in [0, 0.05) is 31.0 Å². The maximum atomic E-state index is 12.5. The topological polar surface area (TPSA) is 65.2 Å². The van der Waals surface area contributed by atoms with Gasteiger partial charge in [-0.05, 0) is 56.2 Å². The Morgan fingerprint density at radius 1 is 1.03 bits per heavy atom. The van der Waals surface area contributed by atoms with E-state index in [1.54, 1.807) is 12.1 Å². The Morgan fingerprint density at radius 2 is 1.83 bits per heavy atom. The molecule has 0 spiro atoms. The van der Waals surface area contributed by atoms with E-state index in [0.29, 0.717) is 18.8 Å². The molecule has 0 atom stereocenters. The van der Waals surface area contributed by atoms with Gasteiger partial charge in [0.15, 0.2) is 0 Å². The van der Waals surface area contributed by atoms with Gasteiger partial charge in [-0.2, -0.15) is 0 Å².